The molecule has 10 aromatic heterocycles. The molecule has 0 saturated heterocycles. The van der Waals surface area contributed by atoms with Gasteiger partial charge in [-0.1, -0.05) is 36.4 Å². The van der Waals surface area contributed by atoms with Gasteiger partial charge in [0, 0.05) is 106 Å². The average molecular weight is 708 g/mol. The lowest BCUT2D eigenvalue weighted by Gasteiger charge is -1.83. The van der Waals surface area contributed by atoms with Gasteiger partial charge in [0.1, 0.15) is 17.6 Å². The lowest BCUT2D eigenvalue weighted by atomic mass is 10.3. The Labute approximate surface area is 309 Å². The molecule has 12 aromatic rings. The first-order chi connectivity index (χ1) is 26.8. The summed E-state index contributed by atoms with van der Waals surface area (Å²) in [6.07, 6.45) is 23.7. The maximum atomic E-state index is 4.09. The SMILES string of the molecule is c1cc2[nH]ccc2cn1.c1cc2cc[nH]c2cn1.c1ccc2[nH]ccc2c1.c1ccc2[nH]ccc2c1.c1cnc2[nH]ccc2c1.c1ncc2cc[nH]c2n1. The van der Waals surface area contributed by atoms with Crippen LogP contribution in [0.5, 0.6) is 0 Å². The second kappa shape index (κ2) is 17.9. The minimum absolute atomic E-state index is 0.894. The maximum absolute atomic E-state index is 4.09. The van der Waals surface area contributed by atoms with Gasteiger partial charge in [-0.25, -0.2) is 15.0 Å². The molecule has 12 rings (SSSR count). The Hall–Kier alpha value is -7.79. The summed E-state index contributed by atoms with van der Waals surface area (Å²) in [4.78, 5) is 38.2. The van der Waals surface area contributed by atoms with Crippen LogP contribution in [0.4, 0.5) is 0 Å². The quantitative estimate of drug-likeness (QED) is 0.0924. The van der Waals surface area contributed by atoms with Gasteiger partial charge in [-0.05, 0) is 83.6 Å². The molecule has 2 aromatic carbocycles. The first kappa shape index (κ1) is 34.6. The first-order valence-electron chi connectivity index (χ1n) is 17.2. The average Bonchev–Trinajstić information content (AvgIpc) is 4.09. The summed E-state index contributed by atoms with van der Waals surface area (Å²) >= 11 is 0. The Morgan fingerprint density at radius 3 is 1.41 bits per heavy atom. The van der Waals surface area contributed by atoms with Crippen LogP contribution in [-0.2, 0) is 0 Å². The molecular formula is C43H37N11. The van der Waals surface area contributed by atoms with Gasteiger partial charge in [-0.15, -0.1) is 0 Å². The number of H-pyrrole nitrogens is 6. The van der Waals surface area contributed by atoms with Crippen molar-refractivity contribution in [3.8, 4) is 0 Å². The Morgan fingerprint density at radius 1 is 0.296 bits per heavy atom. The minimum Gasteiger partial charge on any atom is -0.361 e. The van der Waals surface area contributed by atoms with Crippen molar-refractivity contribution in [3.05, 3.63) is 190 Å². The molecule has 0 spiro atoms. The van der Waals surface area contributed by atoms with Gasteiger partial charge in [0.15, 0.2) is 0 Å². The van der Waals surface area contributed by atoms with E-state index in [1.807, 2.05) is 122 Å². The summed E-state index contributed by atoms with van der Waals surface area (Å²) in [5, 5.41) is 7.15. The van der Waals surface area contributed by atoms with Crippen molar-refractivity contribution in [1.82, 2.24) is 54.8 Å². The third kappa shape index (κ3) is 9.30. The van der Waals surface area contributed by atoms with E-state index in [0.717, 1.165) is 38.5 Å². The van der Waals surface area contributed by atoms with Crippen molar-refractivity contribution >= 4 is 65.7 Å². The molecule has 0 amide bonds. The number of fused-ring (bicyclic) bond motifs is 6. The highest BCUT2D eigenvalue weighted by Crippen LogP contribution is 2.11. The Balaban J connectivity index is 0.0000001000. The molecule has 0 bridgehead atoms. The van der Waals surface area contributed by atoms with Crippen LogP contribution in [0.25, 0.3) is 65.7 Å². The van der Waals surface area contributed by atoms with Crippen LogP contribution in [0.3, 0.4) is 0 Å². The van der Waals surface area contributed by atoms with Crippen LogP contribution < -0.4 is 0 Å². The summed E-state index contributed by atoms with van der Waals surface area (Å²) in [5.41, 5.74) is 6.50. The fraction of sp³-hybridized carbons (Fsp3) is 0. The van der Waals surface area contributed by atoms with E-state index in [-0.39, 0.29) is 0 Å². The second-order valence-corrected chi connectivity index (χ2v) is 11.7. The maximum Gasteiger partial charge on any atom is 0.140 e. The summed E-state index contributed by atoms with van der Waals surface area (Å²) in [6.45, 7) is 0. The van der Waals surface area contributed by atoms with Gasteiger partial charge in [-0.3, -0.25) is 9.97 Å². The van der Waals surface area contributed by atoms with E-state index >= 15 is 0 Å². The number of nitrogens with zero attached hydrogens (tertiary/aromatic N) is 5. The summed E-state index contributed by atoms with van der Waals surface area (Å²) < 4.78 is 0. The number of nitrogens with one attached hydrogen (secondary N) is 6. The van der Waals surface area contributed by atoms with E-state index in [2.05, 4.69) is 91.2 Å². The highest BCUT2D eigenvalue weighted by molar-refractivity contribution is 5.80. The van der Waals surface area contributed by atoms with Gasteiger partial charge >= 0.3 is 0 Å². The van der Waals surface area contributed by atoms with Crippen molar-refractivity contribution in [2.45, 2.75) is 0 Å². The molecular weight excluding hydrogens is 671 g/mol. The smallest absolute Gasteiger partial charge is 0.140 e. The molecule has 10 heterocycles. The third-order valence-corrected chi connectivity index (χ3v) is 8.18. The van der Waals surface area contributed by atoms with Crippen LogP contribution in [-0.4, -0.2) is 54.8 Å². The van der Waals surface area contributed by atoms with Gasteiger partial charge in [0.25, 0.3) is 0 Å². The first-order valence-corrected chi connectivity index (χ1v) is 17.2. The van der Waals surface area contributed by atoms with Crippen LogP contribution >= 0.6 is 0 Å². The normalized spacial score (nSPS) is 10.2. The lowest BCUT2D eigenvalue weighted by molar-refractivity contribution is 1.20. The molecule has 0 aliphatic rings. The fourth-order valence-corrected chi connectivity index (χ4v) is 5.45. The zero-order valence-corrected chi connectivity index (χ0v) is 29.1. The number of aromatic nitrogens is 11. The molecule has 0 atom stereocenters. The molecule has 6 N–H and O–H groups in total. The molecule has 0 unspecified atom stereocenters. The molecule has 264 valence electrons. The predicted octanol–water partition coefficient (Wildman–Crippen LogP) is 9.98. The minimum atomic E-state index is 0.894. The Bertz CT molecular complexity index is 2200. The molecule has 0 aliphatic heterocycles. The van der Waals surface area contributed by atoms with Crippen LogP contribution in [0.2, 0.25) is 0 Å². The largest absolute Gasteiger partial charge is 0.361 e. The number of rotatable bonds is 0. The number of aromatic amines is 6. The van der Waals surface area contributed by atoms with Crippen molar-refractivity contribution in [1.29, 1.82) is 0 Å². The Kier molecular flexibility index (Phi) is 11.5. The highest BCUT2D eigenvalue weighted by atomic mass is 14.9. The third-order valence-electron chi connectivity index (χ3n) is 8.18. The number of hydrogen-bond acceptors (Lipinski definition) is 5. The standard InChI is InChI=1S/2C8H7N.3C7H6N2.C6H5N3/c2*1-2-4-8-7(3-1)5-6-9-8;1-4-9-7-2-3-8-5-6(1)7;1-3-8-5-7-6(1)2-4-9-7;1-2-6-3-5-9-7(6)8-4-1;1-2-8-6-5(1)3-7-4-9-6/h2*1-6,9H;2*1-5,9H;1-5H,(H,8,9);1-4H,(H,7,8,9). The second-order valence-electron chi connectivity index (χ2n) is 11.7. The molecule has 11 heteroatoms. The summed E-state index contributed by atoms with van der Waals surface area (Å²) in [6, 6.07) is 36.4. The number of benzene rings is 2. The molecule has 0 saturated carbocycles. The van der Waals surface area contributed by atoms with Crippen molar-refractivity contribution in [2.75, 3.05) is 0 Å². The van der Waals surface area contributed by atoms with Crippen LogP contribution in [0, 0.1) is 0 Å². The van der Waals surface area contributed by atoms with Crippen molar-refractivity contribution < 1.29 is 0 Å². The van der Waals surface area contributed by atoms with E-state index in [0.29, 0.717) is 0 Å². The predicted molar refractivity (Wildman–Crippen MR) is 219 cm³/mol. The van der Waals surface area contributed by atoms with E-state index in [4.69, 9.17) is 0 Å². The van der Waals surface area contributed by atoms with Crippen LogP contribution in [0.15, 0.2) is 190 Å². The van der Waals surface area contributed by atoms with Gasteiger partial charge < -0.3 is 29.9 Å². The summed E-state index contributed by atoms with van der Waals surface area (Å²) in [7, 11) is 0. The number of para-hydroxylation sites is 2. The highest BCUT2D eigenvalue weighted by Gasteiger charge is 1.92. The molecule has 0 radical (unpaired) electrons. The van der Waals surface area contributed by atoms with Crippen LogP contribution in [0.1, 0.15) is 0 Å². The zero-order chi connectivity index (χ0) is 36.6. The molecule has 0 fully saturated rings. The van der Waals surface area contributed by atoms with Gasteiger partial charge in [0.05, 0.1) is 11.7 Å². The molecule has 11 nitrogen and oxygen atoms in total. The summed E-state index contributed by atoms with van der Waals surface area (Å²) in [5.74, 6) is 0. The van der Waals surface area contributed by atoms with Crippen molar-refractivity contribution in [2.24, 2.45) is 0 Å². The topological polar surface area (TPSA) is 159 Å². The Morgan fingerprint density at radius 2 is 0.778 bits per heavy atom. The lowest BCUT2D eigenvalue weighted by Crippen LogP contribution is -1.75. The molecule has 0 aliphatic carbocycles. The van der Waals surface area contributed by atoms with E-state index in [1.165, 1.54) is 33.5 Å². The van der Waals surface area contributed by atoms with Gasteiger partial charge in [0.2, 0.25) is 0 Å². The van der Waals surface area contributed by atoms with E-state index in [9.17, 15) is 0 Å². The fourth-order valence-electron chi connectivity index (χ4n) is 5.45. The van der Waals surface area contributed by atoms with Crippen molar-refractivity contribution in [3.63, 3.8) is 0 Å². The van der Waals surface area contributed by atoms with E-state index in [1.54, 1.807) is 24.8 Å². The monoisotopic (exact) mass is 707 g/mol. The zero-order valence-electron chi connectivity index (χ0n) is 29.1. The van der Waals surface area contributed by atoms with E-state index < -0.39 is 0 Å². The van der Waals surface area contributed by atoms with Gasteiger partial charge in [-0.2, -0.15) is 0 Å². The number of hydrogen-bond donors (Lipinski definition) is 6. The molecule has 54 heavy (non-hydrogen) atoms. The number of pyridine rings is 3.